The van der Waals surface area contributed by atoms with Crippen molar-refractivity contribution >= 4 is 0 Å². The molecule has 4 bridgehead atoms. The summed E-state index contributed by atoms with van der Waals surface area (Å²) in [4.78, 5) is 0. The van der Waals surface area contributed by atoms with E-state index >= 15 is 0 Å². The van der Waals surface area contributed by atoms with E-state index in [1.165, 1.54) is 12.8 Å². The van der Waals surface area contributed by atoms with Crippen molar-refractivity contribution in [1.82, 2.24) is 15.5 Å². The Hall–Kier alpha value is -1.20. The zero-order chi connectivity index (χ0) is 16.6. The van der Waals surface area contributed by atoms with Gasteiger partial charge in [-0.05, 0) is 82.2 Å². The molecule has 1 aromatic heterocycles. The van der Waals surface area contributed by atoms with Crippen molar-refractivity contribution in [3.63, 3.8) is 0 Å². The average molecular weight is 331 g/mol. The molecule has 4 fully saturated rings. The van der Waals surface area contributed by atoms with Gasteiger partial charge >= 0.3 is 0 Å². The van der Waals surface area contributed by atoms with Crippen LogP contribution in [0.15, 0.2) is 12.1 Å². The molecule has 24 heavy (non-hydrogen) atoms. The standard InChI is InChI=1S/C19H29N3O2/c1-13-4-5-17(22-21-13)24-7-3-2-6-20-18-15-8-14-9-16(18)12-19(23,10-14)11-15/h4-5,14-16,18,20,23H,2-3,6-12H2,1H3. The van der Waals surface area contributed by atoms with Gasteiger partial charge in [0.05, 0.1) is 17.9 Å². The Kier molecular flexibility index (Phi) is 4.48. The smallest absolute Gasteiger partial charge is 0.233 e. The van der Waals surface area contributed by atoms with Crippen molar-refractivity contribution < 1.29 is 9.84 Å². The fourth-order valence-electron chi connectivity index (χ4n) is 5.45. The quantitative estimate of drug-likeness (QED) is 0.751. The molecule has 2 N–H and O–H groups in total. The van der Waals surface area contributed by atoms with E-state index in [-0.39, 0.29) is 5.60 Å². The third-order valence-electron chi connectivity index (χ3n) is 6.22. The summed E-state index contributed by atoms with van der Waals surface area (Å²) in [6.45, 7) is 3.66. The van der Waals surface area contributed by atoms with Crippen LogP contribution in [0.3, 0.4) is 0 Å². The van der Waals surface area contributed by atoms with Crippen LogP contribution in [0.5, 0.6) is 5.88 Å². The normalized spacial score (nSPS) is 36.9. The highest BCUT2D eigenvalue weighted by atomic mass is 16.5. The number of aryl methyl sites for hydroxylation is 1. The first-order valence-corrected chi connectivity index (χ1v) is 9.50. The number of aliphatic hydroxyl groups is 1. The molecule has 0 aromatic carbocycles. The monoisotopic (exact) mass is 331 g/mol. The van der Waals surface area contributed by atoms with E-state index in [1.54, 1.807) is 0 Å². The third-order valence-corrected chi connectivity index (χ3v) is 6.22. The van der Waals surface area contributed by atoms with Crippen LogP contribution in [0.25, 0.3) is 0 Å². The molecule has 2 unspecified atom stereocenters. The van der Waals surface area contributed by atoms with Crippen LogP contribution in [-0.4, -0.2) is 40.1 Å². The topological polar surface area (TPSA) is 67.3 Å². The summed E-state index contributed by atoms with van der Waals surface area (Å²) in [5.41, 5.74) is 0.587. The summed E-state index contributed by atoms with van der Waals surface area (Å²) in [5.74, 6) is 2.79. The molecule has 5 rings (SSSR count). The van der Waals surface area contributed by atoms with Gasteiger partial charge in [0.15, 0.2) is 0 Å². The molecule has 0 aliphatic heterocycles. The van der Waals surface area contributed by atoms with Gasteiger partial charge in [-0.15, -0.1) is 5.10 Å². The minimum atomic E-state index is -0.322. The lowest BCUT2D eigenvalue weighted by molar-refractivity contribution is -0.138. The zero-order valence-corrected chi connectivity index (χ0v) is 14.6. The van der Waals surface area contributed by atoms with Gasteiger partial charge in [-0.1, -0.05) is 0 Å². The molecular formula is C19H29N3O2. The number of unbranched alkanes of at least 4 members (excludes halogenated alkanes) is 1. The third kappa shape index (κ3) is 3.42. The van der Waals surface area contributed by atoms with Gasteiger partial charge in [0.2, 0.25) is 5.88 Å². The van der Waals surface area contributed by atoms with Gasteiger partial charge in [0.25, 0.3) is 0 Å². The SMILES string of the molecule is Cc1ccc(OCCCCNC2C3CC4CC2CC(O)(C4)C3)nn1. The molecular weight excluding hydrogens is 302 g/mol. The number of hydrogen-bond donors (Lipinski definition) is 2. The molecule has 0 spiro atoms. The van der Waals surface area contributed by atoms with Gasteiger partial charge in [0, 0.05) is 12.1 Å². The Morgan fingerprint density at radius 3 is 2.62 bits per heavy atom. The van der Waals surface area contributed by atoms with Crippen molar-refractivity contribution in [2.45, 2.75) is 63.5 Å². The van der Waals surface area contributed by atoms with Gasteiger partial charge < -0.3 is 15.2 Å². The van der Waals surface area contributed by atoms with Crippen LogP contribution in [0, 0.1) is 24.7 Å². The van der Waals surface area contributed by atoms with Crippen molar-refractivity contribution in [2.75, 3.05) is 13.2 Å². The minimum absolute atomic E-state index is 0.322. The van der Waals surface area contributed by atoms with Crippen molar-refractivity contribution in [2.24, 2.45) is 17.8 Å². The van der Waals surface area contributed by atoms with Crippen molar-refractivity contribution in [3.8, 4) is 5.88 Å². The van der Waals surface area contributed by atoms with E-state index < -0.39 is 0 Å². The number of nitrogens with zero attached hydrogens (tertiary/aromatic N) is 2. The minimum Gasteiger partial charge on any atom is -0.477 e. The highest BCUT2D eigenvalue weighted by molar-refractivity contribution is 5.10. The maximum Gasteiger partial charge on any atom is 0.233 e. The number of hydrogen-bond acceptors (Lipinski definition) is 5. The lowest BCUT2D eigenvalue weighted by Crippen LogP contribution is -2.60. The van der Waals surface area contributed by atoms with E-state index in [4.69, 9.17) is 4.74 Å². The van der Waals surface area contributed by atoms with E-state index in [0.717, 1.165) is 50.3 Å². The Morgan fingerprint density at radius 2 is 1.96 bits per heavy atom. The number of aromatic nitrogens is 2. The van der Waals surface area contributed by atoms with Gasteiger partial charge in [-0.3, -0.25) is 0 Å². The van der Waals surface area contributed by atoms with Crippen LogP contribution >= 0.6 is 0 Å². The number of ether oxygens (including phenoxy) is 1. The second-order valence-corrected chi connectivity index (χ2v) is 8.24. The van der Waals surface area contributed by atoms with Gasteiger partial charge in [-0.25, -0.2) is 0 Å². The molecule has 4 aliphatic rings. The summed E-state index contributed by atoms with van der Waals surface area (Å²) in [6, 6.07) is 4.43. The molecule has 4 saturated carbocycles. The fourth-order valence-corrected chi connectivity index (χ4v) is 5.45. The average Bonchev–Trinajstić information content (AvgIpc) is 2.53. The summed E-state index contributed by atoms with van der Waals surface area (Å²) >= 11 is 0. The highest BCUT2D eigenvalue weighted by Gasteiger charge is 2.54. The molecule has 0 radical (unpaired) electrons. The summed E-state index contributed by atoms with van der Waals surface area (Å²) < 4.78 is 5.63. The van der Waals surface area contributed by atoms with Gasteiger partial charge in [0.1, 0.15) is 0 Å². The predicted molar refractivity (Wildman–Crippen MR) is 91.8 cm³/mol. The predicted octanol–water partition coefficient (Wildman–Crippen LogP) is 2.47. The van der Waals surface area contributed by atoms with Crippen molar-refractivity contribution in [3.05, 3.63) is 17.8 Å². The Bertz CT molecular complexity index is 546. The molecule has 5 heteroatoms. The van der Waals surface area contributed by atoms with Crippen LogP contribution in [0.1, 0.15) is 50.6 Å². The molecule has 5 nitrogen and oxygen atoms in total. The maximum atomic E-state index is 10.6. The van der Waals surface area contributed by atoms with E-state index in [2.05, 4.69) is 15.5 Å². The molecule has 0 amide bonds. The fraction of sp³-hybridized carbons (Fsp3) is 0.789. The second kappa shape index (κ2) is 6.60. The molecule has 132 valence electrons. The summed E-state index contributed by atoms with van der Waals surface area (Å²) in [6.07, 6.45) is 7.89. The molecule has 2 atom stereocenters. The molecule has 0 saturated heterocycles. The second-order valence-electron chi connectivity index (χ2n) is 8.24. The highest BCUT2D eigenvalue weighted by Crippen LogP contribution is 2.55. The first-order valence-electron chi connectivity index (χ1n) is 9.50. The number of rotatable bonds is 7. The van der Waals surface area contributed by atoms with E-state index in [0.29, 0.717) is 30.4 Å². The summed E-state index contributed by atoms with van der Waals surface area (Å²) in [7, 11) is 0. The molecule has 1 aromatic rings. The van der Waals surface area contributed by atoms with Crippen LogP contribution in [-0.2, 0) is 0 Å². The molecule has 1 heterocycles. The van der Waals surface area contributed by atoms with Crippen LogP contribution in [0.2, 0.25) is 0 Å². The maximum absolute atomic E-state index is 10.6. The zero-order valence-electron chi connectivity index (χ0n) is 14.6. The lowest BCUT2D eigenvalue weighted by atomic mass is 9.52. The van der Waals surface area contributed by atoms with Crippen molar-refractivity contribution in [1.29, 1.82) is 0 Å². The summed E-state index contributed by atoms with van der Waals surface area (Å²) in [5, 5.41) is 22.4. The Morgan fingerprint density at radius 1 is 1.17 bits per heavy atom. The first kappa shape index (κ1) is 16.3. The Balaban J connectivity index is 1.15. The van der Waals surface area contributed by atoms with E-state index in [9.17, 15) is 5.11 Å². The lowest BCUT2D eigenvalue weighted by Gasteiger charge is -2.58. The van der Waals surface area contributed by atoms with Gasteiger partial charge in [-0.2, -0.15) is 5.10 Å². The Labute approximate surface area is 144 Å². The van der Waals surface area contributed by atoms with Crippen LogP contribution in [0.4, 0.5) is 0 Å². The number of nitrogens with one attached hydrogen (secondary N) is 1. The molecule has 4 aliphatic carbocycles. The van der Waals surface area contributed by atoms with Crippen LogP contribution < -0.4 is 10.1 Å². The first-order chi connectivity index (χ1) is 11.6. The van der Waals surface area contributed by atoms with E-state index in [1.807, 2.05) is 19.1 Å². The largest absolute Gasteiger partial charge is 0.477 e.